The lowest BCUT2D eigenvalue weighted by Gasteiger charge is -2.00. The Morgan fingerprint density at radius 3 is 2.65 bits per heavy atom. The van der Waals surface area contributed by atoms with E-state index in [1.807, 2.05) is 0 Å². The van der Waals surface area contributed by atoms with E-state index in [0.29, 0.717) is 0 Å². The number of hydrogen-bond donors (Lipinski definition) is 1. The molecule has 2 aromatic rings. The summed E-state index contributed by atoms with van der Waals surface area (Å²) >= 11 is 0. The first-order valence-electron chi connectivity index (χ1n) is 6.33. The molecule has 17 heavy (non-hydrogen) atoms. The zero-order chi connectivity index (χ0) is 12.4. The van der Waals surface area contributed by atoms with Crippen LogP contribution in [-0.2, 0) is 6.54 Å². The van der Waals surface area contributed by atoms with Crippen molar-refractivity contribution >= 4 is 11.0 Å². The number of furan rings is 1. The molecule has 1 heterocycles. The molecule has 2 nitrogen and oxygen atoms in total. The van der Waals surface area contributed by atoms with Crippen LogP contribution in [-0.4, -0.2) is 6.54 Å². The minimum atomic E-state index is 0.826. The predicted molar refractivity (Wildman–Crippen MR) is 72.4 cm³/mol. The topological polar surface area (TPSA) is 25.2 Å². The monoisotopic (exact) mass is 231 g/mol. The van der Waals surface area contributed by atoms with Crippen molar-refractivity contribution in [3.63, 3.8) is 0 Å². The van der Waals surface area contributed by atoms with Crippen molar-refractivity contribution in [2.24, 2.45) is 0 Å². The molecular formula is C15H21NO. The SMILES string of the molecule is CCCNCc1oc2c(C)cc(C)cc2c1C. The maximum Gasteiger partial charge on any atom is 0.137 e. The van der Waals surface area contributed by atoms with Gasteiger partial charge in [0.2, 0.25) is 0 Å². The second kappa shape index (κ2) is 4.92. The highest BCUT2D eigenvalue weighted by Crippen LogP contribution is 2.28. The van der Waals surface area contributed by atoms with Gasteiger partial charge in [0.1, 0.15) is 11.3 Å². The Labute approximate surface area is 103 Å². The molecule has 0 atom stereocenters. The summed E-state index contributed by atoms with van der Waals surface area (Å²) in [5.74, 6) is 1.07. The van der Waals surface area contributed by atoms with Gasteiger partial charge in [0.05, 0.1) is 6.54 Å². The molecule has 2 rings (SSSR count). The number of hydrogen-bond acceptors (Lipinski definition) is 2. The minimum Gasteiger partial charge on any atom is -0.459 e. The van der Waals surface area contributed by atoms with Crippen molar-refractivity contribution < 1.29 is 4.42 Å². The van der Waals surface area contributed by atoms with Gasteiger partial charge in [-0.3, -0.25) is 0 Å². The molecule has 0 aliphatic carbocycles. The number of benzene rings is 1. The van der Waals surface area contributed by atoms with Gasteiger partial charge in [-0.05, 0) is 56.5 Å². The molecule has 1 aromatic carbocycles. The number of rotatable bonds is 4. The second-order valence-corrected chi connectivity index (χ2v) is 4.79. The molecule has 0 saturated heterocycles. The van der Waals surface area contributed by atoms with Crippen molar-refractivity contribution in [1.82, 2.24) is 5.32 Å². The van der Waals surface area contributed by atoms with Gasteiger partial charge in [-0.25, -0.2) is 0 Å². The summed E-state index contributed by atoms with van der Waals surface area (Å²) in [7, 11) is 0. The van der Waals surface area contributed by atoms with Crippen LogP contribution in [0, 0.1) is 20.8 Å². The van der Waals surface area contributed by atoms with Crippen LogP contribution in [0.2, 0.25) is 0 Å². The zero-order valence-electron chi connectivity index (χ0n) is 11.2. The molecule has 0 spiro atoms. The molecule has 0 aliphatic rings. The number of aryl methyl sites for hydroxylation is 3. The van der Waals surface area contributed by atoms with Gasteiger partial charge in [0.25, 0.3) is 0 Å². The summed E-state index contributed by atoms with van der Waals surface area (Å²) in [5, 5.41) is 4.65. The Balaban J connectivity index is 2.39. The molecule has 1 aromatic heterocycles. The Bertz CT molecular complexity index is 525. The van der Waals surface area contributed by atoms with Gasteiger partial charge < -0.3 is 9.73 Å². The van der Waals surface area contributed by atoms with Crippen LogP contribution in [0.4, 0.5) is 0 Å². The molecule has 0 fully saturated rings. The third-order valence-electron chi connectivity index (χ3n) is 3.18. The normalized spacial score (nSPS) is 11.3. The van der Waals surface area contributed by atoms with Crippen LogP contribution < -0.4 is 5.32 Å². The first-order chi connectivity index (χ1) is 8.13. The van der Waals surface area contributed by atoms with Gasteiger partial charge in [-0.15, -0.1) is 0 Å². The summed E-state index contributed by atoms with van der Waals surface area (Å²) in [5.41, 5.74) is 4.84. The highest BCUT2D eigenvalue weighted by Gasteiger charge is 2.12. The average molecular weight is 231 g/mol. The van der Waals surface area contributed by atoms with Crippen LogP contribution in [0.15, 0.2) is 16.5 Å². The van der Waals surface area contributed by atoms with Gasteiger partial charge in [-0.2, -0.15) is 0 Å². The van der Waals surface area contributed by atoms with Crippen molar-refractivity contribution in [3.05, 3.63) is 34.6 Å². The summed E-state index contributed by atoms with van der Waals surface area (Å²) in [6.45, 7) is 10.4. The quantitative estimate of drug-likeness (QED) is 0.808. The molecule has 0 radical (unpaired) electrons. The van der Waals surface area contributed by atoms with Crippen LogP contribution >= 0.6 is 0 Å². The van der Waals surface area contributed by atoms with E-state index in [4.69, 9.17) is 4.42 Å². The highest BCUT2D eigenvalue weighted by atomic mass is 16.3. The van der Waals surface area contributed by atoms with Crippen LogP contribution in [0.5, 0.6) is 0 Å². The van der Waals surface area contributed by atoms with Crippen LogP contribution in [0.1, 0.15) is 35.8 Å². The van der Waals surface area contributed by atoms with Crippen molar-refractivity contribution in [2.75, 3.05) is 6.54 Å². The molecule has 0 amide bonds. The lowest BCUT2D eigenvalue weighted by molar-refractivity contribution is 0.509. The van der Waals surface area contributed by atoms with Crippen LogP contribution in [0.25, 0.3) is 11.0 Å². The molecule has 92 valence electrons. The zero-order valence-corrected chi connectivity index (χ0v) is 11.2. The Morgan fingerprint density at radius 1 is 1.18 bits per heavy atom. The van der Waals surface area contributed by atoms with E-state index in [2.05, 4.69) is 45.1 Å². The fraction of sp³-hybridized carbons (Fsp3) is 0.467. The van der Waals surface area contributed by atoms with E-state index >= 15 is 0 Å². The van der Waals surface area contributed by atoms with Gasteiger partial charge in [0.15, 0.2) is 0 Å². The molecule has 0 aliphatic heterocycles. The van der Waals surface area contributed by atoms with E-state index in [-0.39, 0.29) is 0 Å². The molecule has 0 bridgehead atoms. The van der Waals surface area contributed by atoms with E-state index in [9.17, 15) is 0 Å². The van der Waals surface area contributed by atoms with E-state index in [1.54, 1.807) is 0 Å². The second-order valence-electron chi connectivity index (χ2n) is 4.79. The Kier molecular flexibility index (Phi) is 3.53. The summed E-state index contributed by atoms with van der Waals surface area (Å²) < 4.78 is 5.97. The van der Waals surface area contributed by atoms with Gasteiger partial charge in [0, 0.05) is 5.39 Å². The summed E-state index contributed by atoms with van der Waals surface area (Å²) in [4.78, 5) is 0. The lowest BCUT2D eigenvalue weighted by Crippen LogP contribution is -2.13. The highest BCUT2D eigenvalue weighted by molar-refractivity contribution is 5.85. The van der Waals surface area contributed by atoms with Crippen molar-refractivity contribution in [1.29, 1.82) is 0 Å². The van der Waals surface area contributed by atoms with Crippen LogP contribution in [0.3, 0.4) is 0 Å². The third kappa shape index (κ3) is 2.37. The van der Waals surface area contributed by atoms with Gasteiger partial charge >= 0.3 is 0 Å². The standard InChI is InChI=1S/C15H21NO/c1-5-6-16-9-14-12(4)13-8-10(2)7-11(3)15(13)17-14/h7-8,16H,5-6,9H2,1-4H3. The first-order valence-corrected chi connectivity index (χ1v) is 6.33. The predicted octanol–water partition coefficient (Wildman–Crippen LogP) is 3.86. The third-order valence-corrected chi connectivity index (χ3v) is 3.18. The van der Waals surface area contributed by atoms with Gasteiger partial charge in [-0.1, -0.05) is 13.0 Å². The molecule has 1 N–H and O–H groups in total. The maximum absolute atomic E-state index is 5.97. The van der Waals surface area contributed by atoms with E-state index < -0.39 is 0 Å². The average Bonchev–Trinajstić information content (AvgIpc) is 2.58. The van der Waals surface area contributed by atoms with E-state index in [0.717, 1.165) is 30.9 Å². The largest absolute Gasteiger partial charge is 0.459 e. The molecular weight excluding hydrogens is 210 g/mol. The van der Waals surface area contributed by atoms with Crippen molar-refractivity contribution in [3.8, 4) is 0 Å². The number of nitrogens with one attached hydrogen (secondary N) is 1. The molecule has 0 saturated carbocycles. The van der Waals surface area contributed by atoms with E-state index in [1.165, 1.54) is 22.1 Å². The Hall–Kier alpha value is -1.28. The molecule has 0 unspecified atom stereocenters. The summed E-state index contributed by atoms with van der Waals surface area (Å²) in [6.07, 6.45) is 1.15. The fourth-order valence-corrected chi connectivity index (χ4v) is 2.27. The number of fused-ring (bicyclic) bond motifs is 1. The molecule has 2 heteroatoms. The first kappa shape index (κ1) is 12.2. The fourth-order valence-electron chi connectivity index (χ4n) is 2.27. The minimum absolute atomic E-state index is 0.826. The van der Waals surface area contributed by atoms with Crippen molar-refractivity contribution in [2.45, 2.75) is 40.7 Å². The maximum atomic E-state index is 5.97. The Morgan fingerprint density at radius 2 is 1.94 bits per heavy atom. The summed E-state index contributed by atoms with van der Waals surface area (Å²) in [6, 6.07) is 4.39. The lowest BCUT2D eigenvalue weighted by atomic mass is 10.1. The smallest absolute Gasteiger partial charge is 0.137 e.